The molecular weight excluding hydrogens is 238 g/mol. The van der Waals surface area contributed by atoms with E-state index in [0.717, 1.165) is 6.54 Å². The third kappa shape index (κ3) is 3.54. The van der Waals surface area contributed by atoms with Gasteiger partial charge in [0.25, 0.3) is 0 Å². The molecule has 18 heavy (non-hydrogen) atoms. The molecule has 0 aliphatic heterocycles. The van der Waals surface area contributed by atoms with Gasteiger partial charge in [-0.1, -0.05) is 66.4 Å². The van der Waals surface area contributed by atoms with Crippen LogP contribution in [0.4, 0.5) is 0 Å². The van der Waals surface area contributed by atoms with Crippen LogP contribution in [0, 0.1) is 0 Å². The number of allylic oxidation sites excluding steroid dienone is 1. The molecule has 1 heterocycles. The molecule has 0 fully saturated rings. The molecule has 2 heteroatoms. The number of nitrogens with zero attached hydrogens (tertiary/aromatic N) is 1. The second-order valence-electron chi connectivity index (χ2n) is 3.86. The molecule has 2 aromatic carbocycles. The highest BCUT2D eigenvalue weighted by atomic mass is 32.1. The van der Waals surface area contributed by atoms with Gasteiger partial charge in [0.15, 0.2) is 12.7 Å². The number of benzene rings is 2. The average molecular weight is 254 g/mol. The summed E-state index contributed by atoms with van der Waals surface area (Å²) in [6.45, 7) is 4.54. The predicted octanol–water partition coefficient (Wildman–Crippen LogP) is 4.06. The zero-order valence-electron chi connectivity index (χ0n) is 10.2. The van der Waals surface area contributed by atoms with Crippen LogP contribution < -0.4 is 4.57 Å². The molecule has 0 unspecified atom stereocenters. The standard InChI is InChI=1S/C10H8.C6H8NS/c1-2-6-10-8-4-3-7-9(10)5-1;1-2-3-7-4-5-8-6-7/h1-8H;2,4-6H,1,3H2/q;+1. The lowest BCUT2D eigenvalue weighted by Crippen LogP contribution is -2.28. The van der Waals surface area contributed by atoms with Crippen LogP contribution in [0.1, 0.15) is 0 Å². The van der Waals surface area contributed by atoms with Gasteiger partial charge in [0.2, 0.25) is 5.51 Å². The molecule has 3 rings (SSSR count). The Hall–Kier alpha value is -1.93. The van der Waals surface area contributed by atoms with Crippen LogP contribution in [0.25, 0.3) is 10.8 Å². The Labute approximate surface area is 112 Å². The molecule has 0 bridgehead atoms. The molecule has 0 saturated heterocycles. The lowest BCUT2D eigenvalue weighted by Gasteiger charge is -1.92. The first-order chi connectivity index (χ1) is 8.90. The maximum Gasteiger partial charge on any atom is 0.224 e. The zero-order chi connectivity index (χ0) is 12.6. The summed E-state index contributed by atoms with van der Waals surface area (Å²) in [5, 5.41) is 4.67. The van der Waals surface area contributed by atoms with Crippen LogP contribution in [0.15, 0.2) is 78.3 Å². The van der Waals surface area contributed by atoms with Crippen LogP contribution in [-0.2, 0) is 6.54 Å². The van der Waals surface area contributed by atoms with Gasteiger partial charge in [-0.2, -0.15) is 4.57 Å². The van der Waals surface area contributed by atoms with E-state index in [1.165, 1.54) is 10.8 Å². The topological polar surface area (TPSA) is 3.88 Å². The molecule has 0 N–H and O–H groups in total. The Morgan fingerprint density at radius 1 is 1.00 bits per heavy atom. The number of thiazole rings is 1. The van der Waals surface area contributed by atoms with Crippen LogP contribution in [-0.4, -0.2) is 0 Å². The average Bonchev–Trinajstić information content (AvgIpc) is 2.93. The molecule has 0 saturated carbocycles. The summed E-state index contributed by atoms with van der Waals surface area (Å²) >= 11 is 1.69. The monoisotopic (exact) mass is 254 g/mol. The minimum absolute atomic E-state index is 0.920. The van der Waals surface area contributed by atoms with Crippen molar-refractivity contribution in [1.82, 2.24) is 0 Å². The quantitative estimate of drug-likeness (QED) is 0.479. The summed E-state index contributed by atoms with van der Waals surface area (Å²) in [6, 6.07) is 16.7. The molecule has 90 valence electrons. The molecule has 0 atom stereocenters. The van der Waals surface area contributed by atoms with Crippen LogP contribution >= 0.6 is 11.3 Å². The third-order valence-corrected chi connectivity index (χ3v) is 3.20. The van der Waals surface area contributed by atoms with E-state index in [-0.39, 0.29) is 0 Å². The van der Waals surface area contributed by atoms with Crippen molar-refractivity contribution in [3.8, 4) is 0 Å². The molecule has 0 radical (unpaired) electrons. The van der Waals surface area contributed by atoms with E-state index < -0.39 is 0 Å². The van der Waals surface area contributed by atoms with Gasteiger partial charge < -0.3 is 0 Å². The number of rotatable bonds is 2. The van der Waals surface area contributed by atoms with Crippen LogP contribution in [0.3, 0.4) is 0 Å². The Morgan fingerprint density at radius 3 is 1.94 bits per heavy atom. The summed E-state index contributed by atoms with van der Waals surface area (Å²) in [4.78, 5) is 0. The van der Waals surface area contributed by atoms with Gasteiger partial charge in [-0.3, -0.25) is 0 Å². The van der Waals surface area contributed by atoms with E-state index in [2.05, 4.69) is 65.2 Å². The second-order valence-corrected chi connectivity index (χ2v) is 4.61. The Morgan fingerprint density at radius 2 is 1.56 bits per heavy atom. The SMILES string of the molecule is C=CC[n+]1ccsc1.c1ccc2ccccc2c1. The van der Waals surface area contributed by atoms with Crippen molar-refractivity contribution in [3.05, 3.63) is 78.3 Å². The Bertz CT molecular complexity index is 534. The number of aromatic nitrogens is 1. The normalized spacial score (nSPS) is 9.56. The largest absolute Gasteiger partial charge is 0.224 e. The molecule has 3 aromatic rings. The number of fused-ring (bicyclic) bond motifs is 1. The Kier molecular flexibility index (Phi) is 4.68. The molecule has 0 aliphatic carbocycles. The van der Waals surface area contributed by atoms with Gasteiger partial charge in [-0.05, 0) is 16.8 Å². The third-order valence-electron chi connectivity index (χ3n) is 2.53. The fourth-order valence-electron chi connectivity index (χ4n) is 1.65. The first-order valence-electron chi connectivity index (χ1n) is 5.86. The van der Waals surface area contributed by atoms with E-state index in [1.54, 1.807) is 11.3 Å². The Balaban J connectivity index is 0.000000138. The van der Waals surface area contributed by atoms with Crippen LogP contribution in [0.5, 0.6) is 0 Å². The highest BCUT2D eigenvalue weighted by Crippen LogP contribution is 2.11. The molecule has 0 spiro atoms. The van der Waals surface area contributed by atoms with Crippen LogP contribution in [0.2, 0.25) is 0 Å². The summed E-state index contributed by atoms with van der Waals surface area (Å²) in [5.74, 6) is 0. The summed E-state index contributed by atoms with van der Waals surface area (Å²) in [7, 11) is 0. The summed E-state index contributed by atoms with van der Waals surface area (Å²) < 4.78 is 2.08. The van der Waals surface area contributed by atoms with E-state index >= 15 is 0 Å². The zero-order valence-corrected chi connectivity index (χ0v) is 11.0. The second kappa shape index (κ2) is 6.72. The van der Waals surface area contributed by atoms with Gasteiger partial charge in [-0.25, -0.2) is 0 Å². The molecule has 1 aromatic heterocycles. The van der Waals surface area contributed by atoms with Crippen molar-refractivity contribution in [3.63, 3.8) is 0 Å². The minimum Gasteiger partial charge on any atom is -0.192 e. The van der Waals surface area contributed by atoms with Crippen molar-refractivity contribution in [2.75, 3.05) is 0 Å². The van der Waals surface area contributed by atoms with Crippen molar-refractivity contribution in [2.24, 2.45) is 0 Å². The van der Waals surface area contributed by atoms with Crippen molar-refractivity contribution in [2.45, 2.75) is 6.54 Å². The van der Waals surface area contributed by atoms with E-state index in [0.29, 0.717) is 0 Å². The lowest BCUT2D eigenvalue weighted by molar-refractivity contribution is -0.682. The van der Waals surface area contributed by atoms with Gasteiger partial charge >= 0.3 is 0 Å². The fraction of sp³-hybridized carbons (Fsp3) is 0.0625. The highest BCUT2D eigenvalue weighted by molar-refractivity contribution is 7.07. The van der Waals surface area contributed by atoms with E-state index in [9.17, 15) is 0 Å². The van der Waals surface area contributed by atoms with Gasteiger partial charge in [0.1, 0.15) is 0 Å². The van der Waals surface area contributed by atoms with Gasteiger partial charge in [0.05, 0.1) is 5.38 Å². The predicted molar refractivity (Wildman–Crippen MR) is 78.7 cm³/mol. The first kappa shape index (κ1) is 12.5. The number of hydrogen-bond acceptors (Lipinski definition) is 1. The summed E-state index contributed by atoms with van der Waals surface area (Å²) in [5.41, 5.74) is 2.06. The smallest absolute Gasteiger partial charge is 0.192 e. The van der Waals surface area contributed by atoms with Crippen molar-refractivity contribution < 1.29 is 4.57 Å². The molecule has 0 amide bonds. The molecular formula is C16H16NS+. The van der Waals surface area contributed by atoms with E-state index in [1.807, 2.05) is 17.7 Å². The van der Waals surface area contributed by atoms with Gasteiger partial charge in [-0.15, -0.1) is 0 Å². The van der Waals surface area contributed by atoms with Crippen molar-refractivity contribution in [1.29, 1.82) is 0 Å². The maximum absolute atomic E-state index is 3.62. The molecule has 0 aliphatic rings. The maximum atomic E-state index is 3.62. The van der Waals surface area contributed by atoms with Gasteiger partial charge in [0, 0.05) is 0 Å². The lowest BCUT2D eigenvalue weighted by atomic mass is 10.1. The van der Waals surface area contributed by atoms with Crippen molar-refractivity contribution >= 4 is 22.1 Å². The highest BCUT2D eigenvalue weighted by Gasteiger charge is 1.91. The fourth-order valence-corrected chi connectivity index (χ4v) is 2.26. The summed E-state index contributed by atoms with van der Waals surface area (Å²) in [6.07, 6.45) is 3.92. The van der Waals surface area contributed by atoms with E-state index in [4.69, 9.17) is 0 Å². The first-order valence-corrected chi connectivity index (χ1v) is 6.80. The number of hydrogen-bond donors (Lipinski definition) is 0. The minimum atomic E-state index is 0.920. The molecule has 1 nitrogen and oxygen atoms in total.